The first-order valence-corrected chi connectivity index (χ1v) is 7.87. The van der Waals surface area contributed by atoms with Gasteiger partial charge in [0.15, 0.2) is 9.84 Å². The Hall–Kier alpha value is -1.72. The van der Waals surface area contributed by atoms with Crippen molar-refractivity contribution in [2.24, 2.45) is 0 Å². The number of nitrogen functional groups attached to an aromatic ring is 1. The minimum Gasteiger partial charge on any atom is -0.497 e. The lowest BCUT2D eigenvalue weighted by Gasteiger charge is -2.10. The minimum absolute atomic E-state index is 0.0236. The third kappa shape index (κ3) is 3.05. The molecule has 0 unspecified atom stereocenters. The maximum absolute atomic E-state index is 12.4. The Morgan fingerprint density at radius 3 is 2.55 bits per heavy atom. The maximum atomic E-state index is 12.4. The normalized spacial score (nSPS) is 11.3. The van der Waals surface area contributed by atoms with Crippen molar-refractivity contribution >= 4 is 27.1 Å². The molecule has 2 rings (SSSR count). The lowest BCUT2D eigenvalue weighted by Crippen LogP contribution is -2.08. The number of methoxy groups -OCH3 is 1. The number of hydrogen-bond acceptors (Lipinski definition) is 4. The van der Waals surface area contributed by atoms with Gasteiger partial charge in [0.1, 0.15) is 10.6 Å². The molecule has 20 heavy (non-hydrogen) atoms. The van der Waals surface area contributed by atoms with Crippen LogP contribution in [0.1, 0.15) is 5.56 Å². The molecule has 0 aliphatic rings. The van der Waals surface area contributed by atoms with E-state index >= 15 is 0 Å². The predicted molar refractivity (Wildman–Crippen MR) is 79.7 cm³/mol. The monoisotopic (exact) mass is 311 g/mol. The summed E-state index contributed by atoms with van der Waals surface area (Å²) in [7, 11) is -2.08. The van der Waals surface area contributed by atoms with Crippen molar-refractivity contribution in [3.63, 3.8) is 0 Å². The van der Waals surface area contributed by atoms with E-state index in [0.717, 1.165) is 0 Å². The molecule has 0 fully saturated rings. The Bertz CT molecular complexity index is 709. The fourth-order valence-corrected chi connectivity index (χ4v) is 4.00. The van der Waals surface area contributed by atoms with Crippen LogP contribution in [-0.4, -0.2) is 15.5 Å². The van der Waals surface area contributed by atoms with Gasteiger partial charge >= 0.3 is 0 Å². The number of sulfone groups is 1. The van der Waals surface area contributed by atoms with E-state index in [4.69, 9.17) is 22.1 Å². The molecule has 0 radical (unpaired) electrons. The largest absolute Gasteiger partial charge is 0.497 e. The van der Waals surface area contributed by atoms with E-state index in [1.54, 1.807) is 30.3 Å². The van der Waals surface area contributed by atoms with Crippen molar-refractivity contribution < 1.29 is 13.2 Å². The molecule has 2 N–H and O–H groups in total. The van der Waals surface area contributed by atoms with Crippen molar-refractivity contribution in [1.29, 1.82) is 0 Å². The molecule has 0 saturated heterocycles. The van der Waals surface area contributed by atoms with Gasteiger partial charge in [-0.05, 0) is 29.8 Å². The molecule has 2 aromatic carbocycles. The second-order valence-electron chi connectivity index (χ2n) is 4.27. The quantitative estimate of drug-likeness (QED) is 0.881. The third-order valence-corrected chi connectivity index (χ3v) is 5.02. The molecular weight excluding hydrogens is 298 g/mol. The van der Waals surface area contributed by atoms with E-state index in [0.29, 0.717) is 11.3 Å². The molecule has 0 heterocycles. The van der Waals surface area contributed by atoms with Gasteiger partial charge in [-0.3, -0.25) is 0 Å². The van der Waals surface area contributed by atoms with Crippen LogP contribution >= 0.6 is 11.6 Å². The molecule has 6 heteroatoms. The Kier molecular flexibility index (Phi) is 4.20. The topological polar surface area (TPSA) is 69.4 Å². The Labute approximate surface area is 123 Å². The second-order valence-corrected chi connectivity index (χ2v) is 6.60. The van der Waals surface area contributed by atoms with Crippen LogP contribution in [0.25, 0.3) is 0 Å². The van der Waals surface area contributed by atoms with Crippen LogP contribution in [0.3, 0.4) is 0 Å². The SMILES string of the molecule is COc1cccc(CS(=O)(=O)c2c(N)cccc2Cl)c1. The molecule has 106 valence electrons. The first-order valence-electron chi connectivity index (χ1n) is 5.84. The summed E-state index contributed by atoms with van der Waals surface area (Å²) in [5.74, 6) is 0.419. The molecule has 0 spiro atoms. The van der Waals surface area contributed by atoms with E-state index in [2.05, 4.69) is 0 Å². The second kappa shape index (κ2) is 5.73. The van der Waals surface area contributed by atoms with Gasteiger partial charge in [-0.2, -0.15) is 0 Å². The maximum Gasteiger partial charge on any atom is 0.186 e. The van der Waals surface area contributed by atoms with E-state index in [9.17, 15) is 8.42 Å². The number of ether oxygens (including phenoxy) is 1. The first-order chi connectivity index (χ1) is 9.44. The molecule has 0 saturated carbocycles. The zero-order valence-corrected chi connectivity index (χ0v) is 12.4. The summed E-state index contributed by atoms with van der Waals surface area (Å²) in [6, 6.07) is 11.5. The average Bonchev–Trinajstić information content (AvgIpc) is 2.37. The van der Waals surface area contributed by atoms with Crippen molar-refractivity contribution in [2.75, 3.05) is 12.8 Å². The van der Waals surface area contributed by atoms with Crippen LogP contribution in [0, 0.1) is 0 Å². The van der Waals surface area contributed by atoms with Gasteiger partial charge in [0.05, 0.1) is 23.6 Å². The fourth-order valence-electron chi connectivity index (χ4n) is 1.91. The zero-order chi connectivity index (χ0) is 14.8. The molecule has 0 aromatic heterocycles. The molecular formula is C14H14ClNO3S. The van der Waals surface area contributed by atoms with Crippen LogP contribution < -0.4 is 10.5 Å². The number of halogens is 1. The highest BCUT2D eigenvalue weighted by atomic mass is 35.5. The number of nitrogens with two attached hydrogens (primary N) is 1. The van der Waals surface area contributed by atoms with Gasteiger partial charge in [-0.25, -0.2) is 8.42 Å². The van der Waals surface area contributed by atoms with Gasteiger partial charge in [0, 0.05) is 0 Å². The molecule has 0 amide bonds. The third-order valence-electron chi connectivity index (χ3n) is 2.80. The summed E-state index contributed by atoms with van der Waals surface area (Å²) in [5, 5.41) is 0.132. The van der Waals surface area contributed by atoms with Gasteiger partial charge < -0.3 is 10.5 Å². The van der Waals surface area contributed by atoms with Crippen molar-refractivity contribution in [2.45, 2.75) is 10.6 Å². The van der Waals surface area contributed by atoms with Gasteiger partial charge in [-0.15, -0.1) is 0 Å². The van der Waals surface area contributed by atoms with Gasteiger partial charge in [-0.1, -0.05) is 29.8 Å². The summed E-state index contributed by atoms with van der Waals surface area (Å²) in [6.07, 6.45) is 0. The predicted octanol–water partition coefficient (Wildman–Crippen LogP) is 2.90. The van der Waals surface area contributed by atoms with Crippen LogP contribution in [0.5, 0.6) is 5.75 Å². The van der Waals surface area contributed by atoms with Gasteiger partial charge in [0.2, 0.25) is 0 Å². The summed E-state index contributed by atoms with van der Waals surface area (Å²) >= 11 is 5.95. The minimum atomic E-state index is -3.61. The number of benzene rings is 2. The lowest BCUT2D eigenvalue weighted by atomic mass is 10.2. The van der Waals surface area contributed by atoms with E-state index in [1.807, 2.05) is 0 Å². The van der Waals surface area contributed by atoms with Crippen LogP contribution in [-0.2, 0) is 15.6 Å². The van der Waals surface area contributed by atoms with Crippen molar-refractivity contribution in [3.8, 4) is 5.75 Å². The smallest absolute Gasteiger partial charge is 0.186 e. The average molecular weight is 312 g/mol. The fraction of sp³-hybridized carbons (Fsp3) is 0.143. The standard InChI is InChI=1S/C14H14ClNO3S/c1-19-11-5-2-4-10(8-11)9-20(17,18)14-12(15)6-3-7-13(14)16/h2-8H,9,16H2,1H3. The summed E-state index contributed by atoms with van der Waals surface area (Å²) in [5.41, 5.74) is 6.50. The molecule has 0 atom stereocenters. The zero-order valence-electron chi connectivity index (χ0n) is 10.8. The van der Waals surface area contributed by atoms with Crippen LogP contribution in [0.2, 0.25) is 5.02 Å². The Balaban J connectivity index is 2.41. The summed E-state index contributed by atoms with van der Waals surface area (Å²) < 4.78 is 30.0. The van der Waals surface area contributed by atoms with Crippen molar-refractivity contribution in [1.82, 2.24) is 0 Å². The number of anilines is 1. The van der Waals surface area contributed by atoms with Gasteiger partial charge in [0.25, 0.3) is 0 Å². The summed E-state index contributed by atoms with van der Waals surface area (Å²) in [4.78, 5) is -0.0236. The molecule has 2 aromatic rings. The molecule has 0 bridgehead atoms. The number of hydrogen-bond donors (Lipinski definition) is 1. The van der Waals surface area contributed by atoms with E-state index in [-0.39, 0.29) is 21.4 Å². The Morgan fingerprint density at radius 1 is 1.20 bits per heavy atom. The highest BCUT2D eigenvalue weighted by Crippen LogP contribution is 2.30. The Morgan fingerprint density at radius 2 is 1.90 bits per heavy atom. The molecule has 4 nitrogen and oxygen atoms in total. The van der Waals surface area contributed by atoms with Crippen LogP contribution in [0.4, 0.5) is 5.69 Å². The van der Waals surface area contributed by atoms with E-state index in [1.165, 1.54) is 19.2 Å². The first kappa shape index (κ1) is 14.7. The molecule has 0 aliphatic carbocycles. The number of rotatable bonds is 4. The van der Waals surface area contributed by atoms with E-state index < -0.39 is 9.84 Å². The molecule has 0 aliphatic heterocycles. The van der Waals surface area contributed by atoms with Crippen molar-refractivity contribution in [3.05, 3.63) is 53.1 Å². The lowest BCUT2D eigenvalue weighted by molar-refractivity contribution is 0.414. The van der Waals surface area contributed by atoms with Crippen LogP contribution in [0.15, 0.2) is 47.4 Å². The summed E-state index contributed by atoms with van der Waals surface area (Å²) in [6.45, 7) is 0. The highest BCUT2D eigenvalue weighted by molar-refractivity contribution is 7.91. The highest BCUT2D eigenvalue weighted by Gasteiger charge is 2.21.